The Bertz CT molecular complexity index is 192. The van der Waals surface area contributed by atoms with Gasteiger partial charge in [0, 0.05) is 13.0 Å². The third-order valence-electron chi connectivity index (χ3n) is 1.59. The molecule has 0 aliphatic rings. The summed E-state index contributed by atoms with van der Waals surface area (Å²) >= 11 is 0. The van der Waals surface area contributed by atoms with Gasteiger partial charge in [0.1, 0.15) is 6.04 Å². The van der Waals surface area contributed by atoms with Crippen LogP contribution < -0.4 is 11.1 Å². The molecule has 76 valence electrons. The van der Waals surface area contributed by atoms with Crippen molar-refractivity contribution in [1.82, 2.24) is 10.2 Å². The number of nitrogens with zero attached hydrogens (tertiary/aromatic N) is 1. The first-order chi connectivity index (χ1) is 5.93. The zero-order valence-corrected chi connectivity index (χ0v) is 8.33. The number of nitrogens with one attached hydrogen (secondary N) is 1. The highest BCUT2D eigenvalue weighted by atomic mass is 16.2. The largest absolute Gasteiger partial charge is 0.368 e. The van der Waals surface area contributed by atoms with Crippen molar-refractivity contribution >= 4 is 11.8 Å². The standard InChI is InChI=1S/C8H17N3O2/c1-6(8(9)13)10-7(12)4-5-11(2)3/h6H,4-5H2,1-3H3,(H2,9,13)(H,10,12)/t6-/m1/s1. The van der Waals surface area contributed by atoms with Crippen molar-refractivity contribution in [3.63, 3.8) is 0 Å². The fraction of sp³-hybridized carbons (Fsp3) is 0.750. The molecule has 0 radical (unpaired) electrons. The summed E-state index contributed by atoms with van der Waals surface area (Å²) in [6.07, 6.45) is 0.380. The van der Waals surface area contributed by atoms with E-state index in [9.17, 15) is 9.59 Å². The first kappa shape index (κ1) is 11.9. The van der Waals surface area contributed by atoms with Crippen LogP contribution in [-0.2, 0) is 9.59 Å². The molecule has 5 heteroatoms. The molecule has 0 rings (SSSR count). The van der Waals surface area contributed by atoms with Crippen LogP contribution in [0.3, 0.4) is 0 Å². The molecule has 0 aliphatic heterocycles. The van der Waals surface area contributed by atoms with Crippen LogP contribution in [0.4, 0.5) is 0 Å². The summed E-state index contributed by atoms with van der Waals surface area (Å²) in [6, 6.07) is -0.588. The molecule has 0 spiro atoms. The van der Waals surface area contributed by atoms with Crippen molar-refractivity contribution < 1.29 is 9.59 Å². The lowest BCUT2D eigenvalue weighted by molar-refractivity contribution is -0.127. The van der Waals surface area contributed by atoms with E-state index in [0.29, 0.717) is 13.0 Å². The Morgan fingerprint density at radius 3 is 2.38 bits per heavy atom. The van der Waals surface area contributed by atoms with Crippen LogP contribution in [0.5, 0.6) is 0 Å². The van der Waals surface area contributed by atoms with Crippen LogP contribution >= 0.6 is 0 Å². The Labute approximate surface area is 78.3 Å². The van der Waals surface area contributed by atoms with Crippen molar-refractivity contribution in [2.45, 2.75) is 19.4 Å². The molecule has 1 atom stereocenters. The van der Waals surface area contributed by atoms with Crippen LogP contribution in [0.15, 0.2) is 0 Å². The van der Waals surface area contributed by atoms with Gasteiger partial charge in [-0.2, -0.15) is 0 Å². The van der Waals surface area contributed by atoms with E-state index in [4.69, 9.17) is 5.73 Å². The van der Waals surface area contributed by atoms with Crippen molar-refractivity contribution in [1.29, 1.82) is 0 Å². The molecule has 0 fully saturated rings. The van der Waals surface area contributed by atoms with Gasteiger partial charge in [0.25, 0.3) is 0 Å². The third-order valence-corrected chi connectivity index (χ3v) is 1.59. The second-order valence-electron chi connectivity index (χ2n) is 3.24. The van der Waals surface area contributed by atoms with E-state index in [1.807, 2.05) is 19.0 Å². The molecule has 3 N–H and O–H groups in total. The van der Waals surface area contributed by atoms with E-state index < -0.39 is 11.9 Å². The van der Waals surface area contributed by atoms with Gasteiger partial charge < -0.3 is 16.0 Å². The fourth-order valence-electron chi connectivity index (χ4n) is 0.710. The molecule has 0 aromatic heterocycles. The lowest BCUT2D eigenvalue weighted by Crippen LogP contribution is -2.42. The number of hydrogen-bond acceptors (Lipinski definition) is 3. The zero-order chi connectivity index (χ0) is 10.4. The van der Waals surface area contributed by atoms with Crippen LogP contribution in [0.25, 0.3) is 0 Å². The van der Waals surface area contributed by atoms with Gasteiger partial charge in [-0.25, -0.2) is 0 Å². The summed E-state index contributed by atoms with van der Waals surface area (Å²) in [5, 5.41) is 2.49. The topological polar surface area (TPSA) is 75.4 Å². The lowest BCUT2D eigenvalue weighted by Gasteiger charge is -2.12. The van der Waals surface area contributed by atoms with E-state index in [0.717, 1.165) is 0 Å². The van der Waals surface area contributed by atoms with Crippen LogP contribution in [-0.4, -0.2) is 43.4 Å². The second kappa shape index (κ2) is 5.53. The van der Waals surface area contributed by atoms with E-state index >= 15 is 0 Å². The maximum Gasteiger partial charge on any atom is 0.239 e. The molecule has 0 unspecified atom stereocenters. The molecular weight excluding hydrogens is 170 g/mol. The van der Waals surface area contributed by atoms with Gasteiger partial charge in [0.15, 0.2) is 0 Å². The maximum atomic E-state index is 11.1. The molecule has 0 bridgehead atoms. The predicted octanol–water partition coefficient (Wildman–Crippen LogP) is -1.07. The predicted molar refractivity (Wildman–Crippen MR) is 50.0 cm³/mol. The summed E-state index contributed by atoms with van der Waals surface area (Å²) in [4.78, 5) is 23.6. The van der Waals surface area contributed by atoms with Crippen LogP contribution in [0.2, 0.25) is 0 Å². The monoisotopic (exact) mass is 187 g/mol. The molecule has 2 amide bonds. The summed E-state index contributed by atoms with van der Waals surface area (Å²) in [7, 11) is 3.76. The fourth-order valence-corrected chi connectivity index (χ4v) is 0.710. The Kier molecular flexibility index (Phi) is 5.06. The summed E-state index contributed by atoms with van der Waals surface area (Å²) < 4.78 is 0. The number of carbonyl (C=O) groups is 2. The van der Waals surface area contributed by atoms with E-state index in [-0.39, 0.29) is 5.91 Å². The first-order valence-electron chi connectivity index (χ1n) is 4.17. The lowest BCUT2D eigenvalue weighted by atomic mass is 10.3. The van der Waals surface area contributed by atoms with Crippen molar-refractivity contribution in [2.75, 3.05) is 20.6 Å². The number of carbonyl (C=O) groups excluding carboxylic acids is 2. The first-order valence-corrected chi connectivity index (χ1v) is 4.17. The number of nitrogens with two attached hydrogens (primary N) is 1. The van der Waals surface area contributed by atoms with Crippen LogP contribution in [0, 0.1) is 0 Å². The summed E-state index contributed by atoms with van der Waals surface area (Å²) in [5.41, 5.74) is 4.98. The van der Waals surface area contributed by atoms with Gasteiger partial charge in [-0.1, -0.05) is 0 Å². The number of amides is 2. The Hall–Kier alpha value is -1.10. The number of rotatable bonds is 5. The summed E-state index contributed by atoms with van der Waals surface area (Å²) in [6.45, 7) is 2.23. The Balaban J connectivity index is 3.68. The molecule has 5 nitrogen and oxygen atoms in total. The molecule has 0 saturated heterocycles. The Morgan fingerprint density at radius 2 is 2.00 bits per heavy atom. The third kappa shape index (κ3) is 6.10. The quantitative estimate of drug-likeness (QED) is 0.575. The average Bonchev–Trinajstić information content (AvgIpc) is 2.00. The SMILES string of the molecule is C[C@@H](NC(=O)CCN(C)C)C(N)=O. The minimum Gasteiger partial charge on any atom is -0.368 e. The van der Waals surface area contributed by atoms with E-state index in [1.165, 1.54) is 0 Å². The average molecular weight is 187 g/mol. The molecule has 0 aliphatic carbocycles. The van der Waals surface area contributed by atoms with Gasteiger partial charge in [-0.15, -0.1) is 0 Å². The normalized spacial score (nSPS) is 12.6. The minimum absolute atomic E-state index is 0.153. The summed E-state index contributed by atoms with van der Waals surface area (Å²) in [5.74, 6) is -0.668. The van der Waals surface area contributed by atoms with Crippen molar-refractivity contribution in [3.8, 4) is 0 Å². The van der Waals surface area contributed by atoms with Gasteiger partial charge in [-0.3, -0.25) is 9.59 Å². The van der Waals surface area contributed by atoms with Gasteiger partial charge >= 0.3 is 0 Å². The van der Waals surface area contributed by atoms with Crippen molar-refractivity contribution in [3.05, 3.63) is 0 Å². The highest BCUT2D eigenvalue weighted by molar-refractivity contribution is 5.86. The smallest absolute Gasteiger partial charge is 0.239 e. The molecular formula is C8H17N3O2. The highest BCUT2D eigenvalue weighted by Crippen LogP contribution is 1.86. The van der Waals surface area contributed by atoms with E-state index in [1.54, 1.807) is 6.92 Å². The molecule has 0 saturated carbocycles. The van der Waals surface area contributed by atoms with E-state index in [2.05, 4.69) is 5.32 Å². The number of primary amides is 1. The van der Waals surface area contributed by atoms with Gasteiger partial charge in [-0.05, 0) is 21.0 Å². The maximum absolute atomic E-state index is 11.1. The van der Waals surface area contributed by atoms with Crippen molar-refractivity contribution in [2.24, 2.45) is 5.73 Å². The zero-order valence-electron chi connectivity index (χ0n) is 8.33. The molecule has 0 aromatic rings. The second-order valence-corrected chi connectivity index (χ2v) is 3.24. The van der Waals surface area contributed by atoms with Crippen LogP contribution in [0.1, 0.15) is 13.3 Å². The van der Waals surface area contributed by atoms with Gasteiger partial charge in [0.2, 0.25) is 11.8 Å². The highest BCUT2D eigenvalue weighted by Gasteiger charge is 2.11. The minimum atomic E-state index is -0.588. The molecule has 0 heterocycles. The molecule has 13 heavy (non-hydrogen) atoms. The van der Waals surface area contributed by atoms with Gasteiger partial charge in [0.05, 0.1) is 0 Å². The Morgan fingerprint density at radius 1 is 1.46 bits per heavy atom. The number of hydrogen-bond donors (Lipinski definition) is 2. The molecule has 0 aromatic carbocycles.